The number of rotatable bonds is 8. The molecule has 2 heteroatoms. The Morgan fingerprint density at radius 2 is 2.27 bits per heavy atom. The number of hydrogen-bond donors (Lipinski definition) is 0. The third-order valence-electron chi connectivity index (χ3n) is 3.22. The molecule has 0 aliphatic carbocycles. The van der Waals surface area contributed by atoms with Crippen molar-refractivity contribution in [1.29, 1.82) is 0 Å². The predicted molar refractivity (Wildman–Crippen MR) is 63.1 cm³/mol. The van der Waals surface area contributed by atoms with E-state index in [0.717, 1.165) is 25.7 Å². The third kappa shape index (κ3) is 5.53. The molecule has 1 aliphatic heterocycles. The minimum atomic E-state index is 0.383. The summed E-state index contributed by atoms with van der Waals surface area (Å²) in [6.07, 6.45) is 7.97. The van der Waals surface area contributed by atoms with Crippen LogP contribution in [-0.4, -0.2) is 25.9 Å². The van der Waals surface area contributed by atoms with Crippen molar-refractivity contribution < 1.29 is 9.47 Å². The first-order chi connectivity index (χ1) is 7.36. The van der Waals surface area contributed by atoms with Crippen LogP contribution >= 0.6 is 0 Å². The summed E-state index contributed by atoms with van der Waals surface area (Å²) >= 11 is 0. The second kappa shape index (κ2) is 8.12. The van der Waals surface area contributed by atoms with Crippen LogP contribution < -0.4 is 0 Å². The van der Waals surface area contributed by atoms with Gasteiger partial charge in [0, 0.05) is 13.2 Å². The van der Waals surface area contributed by atoms with Gasteiger partial charge in [0.1, 0.15) is 0 Å². The fraction of sp³-hybridized carbons (Fsp3) is 1.00. The van der Waals surface area contributed by atoms with Gasteiger partial charge in [0.2, 0.25) is 0 Å². The van der Waals surface area contributed by atoms with E-state index in [2.05, 4.69) is 13.8 Å². The molecule has 0 aromatic rings. The Labute approximate surface area is 94.3 Å². The van der Waals surface area contributed by atoms with E-state index in [0.29, 0.717) is 6.10 Å². The van der Waals surface area contributed by atoms with Gasteiger partial charge in [-0.05, 0) is 25.2 Å². The molecule has 90 valence electrons. The molecule has 1 saturated heterocycles. The topological polar surface area (TPSA) is 18.5 Å². The molecule has 0 radical (unpaired) electrons. The van der Waals surface area contributed by atoms with E-state index < -0.39 is 0 Å². The van der Waals surface area contributed by atoms with E-state index in [9.17, 15) is 0 Å². The van der Waals surface area contributed by atoms with Crippen molar-refractivity contribution in [2.24, 2.45) is 5.92 Å². The normalized spacial score (nSPS) is 23.2. The molecule has 1 aliphatic rings. The van der Waals surface area contributed by atoms with Gasteiger partial charge in [-0.25, -0.2) is 0 Å². The Bertz CT molecular complexity index is 141. The molecule has 0 amide bonds. The fourth-order valence-electron chi connectivity index (χ4n) is 2.04. The van der Waals surface area contributed by atoms with Crippen LogP contribution in [0.2, 0.25) is 0 Å². The number of unbranched alkanes of at least 4 members (excludes halogenated alkanes) is 1. The molecule has 0 saturated carbocycles. The lowest BCUT2D eigenvalue weighted by molar-refractivity contribution is 0.00364. The third-order valence-corrected chi connectivity index (χ3v) is 3.22. The van der Waals surface area contributed by atoms with E-state index >= 15 is 0 Å². The Morgan fingerprint density at radius 3 is 2.87 bits per heavy atom. The smallest absolute Gasteiger partial charge is 0.0809 e. The van der Waals surface area contributed by atoms with Gasteiger partial charge in [-0.2, -0.15) is 0 Å². The maximum Gasteiger partial charge on any atom is 0.0809 e. The summed E-state index contributed by atoms with van der Waals surface area (Å²) < 4.78 is 11.3. The molecule has 0 spiro atoms. The molecular weight excluding hydrogens is 188 g/mol. The monoisotopic (exact) mass is 214 g/mol. The van der Waals surface area contributed by atoms with Gasteiger partial charge < -0.3 is 9.47 Å². The molecule has 15 heavy (non-hydrogen) atoms. The summed E-state index contributed by atoms with van der Waals surface area (Å²) in [5.41, 5.74) is 0. The zero-order valence-electron chi connectivity index (χ0n) is 10.3. The van der Waals surface area contributed by atoms with E-state index in [1.807, 2.05) is 0 Å². The SMILES string of the molecule is CCCCC(CC)COC[C@@H]1CCCO1. The quantitative estimate of drug-likeness (QED) is 0.616. The van der Waals surface area contributed by atoms with Crippen LogP contribution in [0, 0.1) is 5.92 Å². The fourth-order valence-corrected chi connectivity index (χ4v) is 2.04. The highest BCUT2D eigenvalue weighted by Crippen LogP contribution is 2.15. The van der Waals surface area contributed by atoms with Gasteiger partial charge in [0.15, 0.2) is 0 Å². The Hall–Kier alpha value is -0.0800. The van der Waals surface area contributed by atoms with Gasteiger partial charge in [-0.3, -0.25) is 0 Å². The van der Waals surface area contributed by atoms with Crippen molar-refractivity contribution >= 4 is 0 Å². The summed E-state index contributed by atoms with van der Waals surface area (Å²) in [6, 6.07) is 0. The Kier molecular flexibility index (Phi) is 7.03. The largest absolute Gasteiger partial charge is 0.378 e. The van der Waals surface area contributed by atoms with E-state index in [1.165, 1.54) is 38.5 Å². The van der Waals surface area contributed by atoms with Gasteiger partial charge in [0.05, 0.1) is 12.7 Å². The first-order valence-electron chi connectivity index (χ1n) is 6.56. The predicted octanol–water partition coefficient (Wildman–Crippen LogP) is 3.40. The maximum atomic E-state index is 5.74. The molecule has 2 atom stereocenters. The van der Waals surface area contributed by atoms with Crippen LogP contribution in [0.15, 0.2) is 0 Å². The lowest BCUT2D eigenvalue weighted by Gasteiger charge is -2.16. The Morgan fingerprint density at radius 1 is 1.40 bits per heavy atom. The van der Waals surface area contributed by atoms with Gasteiger partial charge in [0.25, 0.3) is 0 Å². The van der Waals surface area contributed by atoms with Crippen LogP contribution in [0.5, 0.6) is 0 Å². The van der Waals surface area contributed by atoms with Gasteiger partial charge in [-0.1, -0.05) is 33.1 Å². The molecular formula is C13H26O2. The highest BCUT2D eigenvalue weighted by molar-refractivity contribution is 4.64. The molecule has 1 rings (SSSR count). The average molecular weight is 214 g/mol. The maximum absolute atomic E-state index is 5.74. The molecule has 0 bridgehead atoms. The minimum Gasteiger partial charge on any atom is -0.378 e. The van der Waals surface area contributed by atoms with E-state index in [-0.39, 0.29) is 0 Å². The molecule has 1 heterocycles. The van der Waals surface area contributed by atoms with Crippen molar-refractivity contribution in [1.82, 2.24) is 0 Å². The molecule has 1 unspecified atom stereocenters. The van der Waals surface area contributed by atoms with Crippen molar-refractivity contribution in [3.8, 4) is 0 Å². The van der Waals surface area contributed by atoms with Gasteiger partial charge in [-0.15, -0.1) is 0 Å². The Balaban J connectivity index is 2.00. The highest BCUT2D eigenvalue weighted by atomic mass is 16.5. The molecule has 0 aromatic carbocycles. The minimum absolute atomic E-state index is 0.383. The number of hydrogen-bond acceptors (Lipinski definition) is 2. The zero-order valence-corrected chi connectivity index (χ0v) is 10.3. The summed E-state index contributed by atoms with van der Waals surface area (Å²) in [6.45, 7) is 7.18. The second-order valence-corrected chi connectivity index (χ2v) is 4.59. The van der Waals surface area contributed by atoms with Crippen LogP contribution in [-0.2, 0) is 9.47 Å². The first-order valence-corrected chi connectivity index (χ1v) is 6.56. The van der Waals surface area contributed by atoms with Crippen molar-refractivity contribution in [2.75, 3.05) is 19.8 Å². The lowest BCUT2D eigenvalue weighted by Crippen LogP contribution is -2.18. The van der Waals surface area contributed by atoms with E-state index in [1.54, 1.807) is 0 Å². The van der Waals surface area contributed by atoms with Crippen molar-refractivity contribution in [3.63, 3.8) is 0 Å². The summed E-state index contributed by atoms with van der Waals surface area (Å²) in [7, 11) is 0. The first kappa shape index (κ1) is 13.0. The molecule has 0 N–H and O–H groups in total. The van der Waals surface area contributed by atoms with Crippen LogP contribution in [0.1, 0.15) is 52.4 Å². The van der Waals surface area contributed by atoms with Crippen LogP contribution in [0.4, 0.5) is 0 Å². The zero-order chi connectivity index (χ0) is 10.9. The summed E-state index contributed by atoms with van der Waals surface area (Å²) in [5.74, 6) is 0.756. The molecule has 1 fully saturated rings. The summed E-state index contributed by atoms with van der Waals surface area (Å²) in [5, 5.41) is 0. The average Bonchev–Trinajstić information content (AvgIpc) is 2.76. The van der Waals surface area contributed by atoms with Crippen LogP contribution in [0.3, 0.4) is 0 Å². The number of ether oxygens (including phenoxy) is 2. The second-order valence-electron chi connectivity index (χ2n) is 4.59. The van der Waals surface area contributed by atoms with Crippen LogP contribution in [0.25, 0.3) is 0 Å². The van der Waals surface area contributed by atoms with Gasteiger partial charge >= 0.3 is 0 Å². The lowest BCUT2D eigenvalue weighted by atomic mass is 10.0. The van der Waals surface area contributed by atoms with Crippen molar-refractivity contribution in [2.45, 2.75) is 58.5 Å². The summed E-state index contributed by atoms with van der Waals surface area (Å²) in [4.78, 5) is 0. The van der Waals surface area contributed by atoms with Crippen molar-refractivity contribution in [3.05, 3.63) is 0 Å². The van der Waals surface area contributed by atoms with E-state index in [4.69, 9.17) is 9.47 Å². The molecule has 0 aromatic heterocycles. The standard InChI is InChI=1S/C13H26O2/c1-3-5-7-12(4-2)10-14-11-13-8-6-9-15-13/h12-13H,3-11H2,1-2H3/t12?,13-/m0/s1. The molecule has 2 nitrogen and oxygen atoms in total. The highest BCUT2D eigenvalue weighted by Gasteiger charge is 2.16.